The Balaban J connectivity index is 1.72. The highest BCUT2D eigenvalue weighted by molar-refractivity contribution is 5.92. The maximum Gasteiger partial charge on any atom is 0.137 e. The summed E-state index contributed by atoms with van der Waals surface area (Å²) in [5, 5.41) is 1.06. The van der Waals surface area contributed by atoms with Gasteiger partial charge in [0, 0.05) is 28.9 Å². The van der Waals surface area contributed by atoms with Crippen LogP contribution in [0.1, 0.15) is 27.2 Å². The average Bonchev–Trinajstić information content (AvgIpc) is 2.96. The molecule has 0 aromatic carbocycles. The average molecular weight is 324 g/mol. The molecule has 3 heterocycles. The van der Waals surface area contributed by atoms with Gasteiger partial charge in [0.25, 0.3) is 0 Å². The number of hydrogen-bond acceptors (Lipinski definition) is 4. The van der Waals surface area contributed by atoms with Crippen molar-refractivity contribution in [3.63, 3.8) is 0 Å². The van der Waals surface area contributed by atoms with Gasteiger partial charge in [-0.3, -0.25) is 4.98 Å². The van der Waals surface area contributed by atoms with Gasteiger partial charge >= 0.3 is 0 Å². The monoisotopic (exact) mass is 324 g/mol. The number of pyridine rings is 2. The lowest BCUT2D eigenvalue weighted by Gasteiger charge is -2.26. The Kier molecular flexibility index (Phi) is 4.53. The molecule has 0 saturated heterocycles. The third kappa shape index (κ3) is 3.74. The minimum Gasteiger partial charge on any atom is -0.490 e. The second-order valence-corrected chi connectivity index (χ2v) is 7.02. The first-order chi connectivity index (χ1) is 11.4. The van der Waals surface area contributed by atoms with Gasteiger partial charge in [-0.05, 0) is 43.5 Å². The van der Waals surface area contributed by atoms with Crippen LogP contribution in [0.3, 0.4) is 0 Å². The summed E-state index contributed by atoms with van der Waals surface area (Å²) in [4.78, 5) is 12.0. The van der Waals surface area contributed by atoms with E-state index >= 15 is 0 Å². The fourth-order valence-corrected chi connectivity index (χ4v) is 3.03. The van der Waals surface area contributed by atoms with Crippen molar-refractivity contribution in [2.45, 2.75) is 32.7 Å². The van der Waals surface area contributed by atoms with Gasteiger partial charge in [-0.2, -0.15) is 0 Å². The number of aromatic nitrogens is 3. The largest absolute Gasteiger partial charge is 0.490 e. The van der Waals surface area contributed by atoms with E-state index in [-0.39, 0.29) is 5.54 Å². The van der Waals surface area contributed by atoms with E-state index in [9.17, 15) is 0 Å². The van der Waals surface area contributed by atoms with Crippen LogP contribution in [0.5, 0.6) is 5.75 Å². The van der Waals surface area contributed by atoms with E-state index in [0.717, 1.165) is 34.5 Å². The maximum atomic E-state index is 6.28. The molecule has 0 aliphatic heterocycles. The van der Waals surface area contributed by atoms with Crippen molar-refractivity contribution in [1.29, 1.82) is 0 Å². The molecule has 0 bridgehead atoms. The number of nitrogens with zero attached hydrogens (tertiary/aromatic N) is 2. The second kappa shape index (κ2) is 6.61. The summed E-state index contributed by atoms with van der Waals surface area (Å²) < 4.78 is 5.82. The molecule has 5 heteroatoms. The molecule has 3 N–H and O–H groups in total. The standard InChI is InChI=1S/C19H24N4O/c1-13(2)9-19(3,20)12-24-14-6-7-17(22-10-14)16-11-23-18-15(16)5-4-8-21-18/h4-8,10-11,13H,9,12,20H2,1-3H3,(H,21,23)/t19-/m0/s1. The highest BCUT2D eigenvalue weighted by Gasteiger charge is 2.21. The predicted octanol–water partition coefficient (Wildman–Crippen LogP) is 3.77. The molecule has 24 heavy (non-hydrogen) atoms. The van der Waals surface area contributed by atoms with Gasteiger partial charge in [0.15, 0.2) is 0 Å². The summed E-state index contributed by atoms with van der Waals surface area (Å²) >= 11 is 0. The van der Waals surface area contributed by atoms with E-state index in [1.54, 1.807) is 12.4 Å². The first-order valence-corrected chi connectivity index (χ1v) is 8.25. The predicted molar refractivity (Wildman–Crippen MR) is 96.9 cm³/mol. The minimum atomic E-state index is -0.338. The van der Waals surface area contributed by atoms with Crippen molar-refractivity contribution in [3.05, 3.63) is 42.9 Å². The highest BCUT2D eigenvalue weighted by atomic mass is 16.5. The van der Waals surface area contributed by atoms with Crippen molar-refractivity contribution in [2.75, 3.05) is 6.61 Å². The smallest absolute Gasteiger partial charge is 0.137 e. The molecule has 0 fully saturated rings. The molecule has 1 atom stereocenters. The molecule has 0 amide bonds. The zero-order valence-electron chi connectivity index (χ0n) is 14.4. The lowest BCUT2D eigenvalue weighted by Crippen LogP contribution is -2.43. The zero-order chi connectivity index (χ0) is 17.2. The Bertz CT molecular complexity index is 806. The van der Waals surface area contributed by atoms with Crippen molar-refractivity contribution in [1.82, 2.24) is 15.0 Å². The minimum absolute atomic E-state index is 0.338. The van der Waals surface area contributed by atoms with Crippen LogP contribution in [0.15, 0.2) is 42.9 Å². The molecule has 0 aliphatic rings. The van der Waals surface area contributed by atoms with E-state index in [1.165, 1.54) is 0 Å². The molecule has 0 spiro atoms. The summed E-state index contributed by atoms with van der Waals surface area (Å²) in [6.45, 7) is 6.83. The van der Waals surface area contributed by atoms with E-state index in [1.807, 2.05) is 37.4 Å². The van der Waals surface area contributed by atoms with E-state index in [4.69, 9.17) is 10.5 Å². The van der Waals surface area contributed by atoms with Crippen LogP contribution in [-0.4, -0.2) is 27.1 Å². The first kappa shape index (κ1) is 16.5. The Labute approximate surface area is 142 Å². The molecule has 126 valence electrons. The summed E-state index contributed by atoms with van der Waals surface area (Å²) in [7, 11) is 0. The molecule has 0 radical (unpaired) electrons. The van der Waals surface area contributed by atoms with E-state index in [2.05, 4.69) is 28.8 Å². The molecule has 0 unspecified atom stereocenters. The lowest BCUT2D eigenvalue weighted by molar-refractivity contribution is 0.206. The van der Waals surface area contributed by atoms with Gasteiger partial charge in [0.05, 0.1) is 11.9 Å². The number of nitrogens with two attached hydrogens (primary N) is 1. The molecular formula is C19H24N4O. The Morgan fingerprint density at radius 1 is 1.25 bits per heavy atom. The number of hydrogen-bond donors (Lipinski definition) is 2. The van der Waals surface area contributed by atoms with Gasteiger partial charge < -0.3 is 15.5 Å². The number of fused-ring (bicyclic) bond motifs is 1. The molecule has 3 aromatic rings. The topological polar surface area (TPSA) is 76.8 Å². The third-order valence-corrected chi connectivity index (χ3v) is 3.91. The van der Waals surface area contributed by atoms with Gasteiger partial charge in [-0.15, -0.1) is 0 Å². The first-order valence-electron chi connectivity index (χ1n) is 8.25. The van der Waals surface area contributed by atoms with Crippen LogP contribution in [0.25, 0.3) is 22.3 Å². The molecule has 3 aromatic heterocycles. The normalized spacial score (nSPS) is 14.0. The number of ether oxygens (including phenoxy) is 1. The maximum absolute atomic E-state index is 6.28. The van der Waals surface area contributed by atoms with Crippen molar-refractivity contribution < 1.29 is 4.74 Å². The third-order valence-electron chi connectivity index (χ3n) is 3.91. The Hall–Kier alpha value is -2.40. The van der Waals surface area contributed by atoms with Crippen molar-refractivity contribution in [2.24, 2.45) is 11.7 Å². The Morgan fingerprint density at radius 3 is 2.79 bits per heavy atom. The summed E-state index contributed by atoms with van der Waals surface area (Å²) in [5.74, 6) is 1.27. The van der Waals surface area contributed by atoms with Gasteiger partial charge in [0.1, 0.15) is 18.0 Å². The molecule has 0 aliphatic carbocycles. The fourth-order valence-electron chi connectivity index (χ4n) is 3.03. The van der Waals surface area contributed by atoms with Crippen molar-refractivity contribution in [3.8, 4) is 17.0 Å². The number of aromatic amines is 1. The molecule has 0 saturated carbocycles. The zero-order valence-corrected chi connectivity index (χ0v) is 14.4. The van der Waals surface area contributed by atoms with Crippen LogP contribution in [0.2, 0.25) is 0 Å². The quantitative estimate of drug-likeness (QED) is 0.723. The van der Waals surface area contributed by atoms with Crippen LogP contribution >= 0.6 is 0 Å². The van der Waals surface area contributed by atoms with Gasteiger partial charge in [-0.25, -0.2) is 4.98 Å². The van der Waals surface area contributed by atoms with Crippen LogP contribution in [0.4, 0.5) is 0 Å². The van der Waals surface area contributed by atoms with Crippen LogP contribution < -0.4 is 10.5 Å². The summed E-state index contributed by atoms with van der Waals surface area (Å²) in [6, 6.07) is 7.85. The number of H-pyrrole nitrogens is 1. The highest BCUT2D eigenvalue weighted by Crippen LogP contribution is 2.27. The SMILES string of the molecule is CC(C)C[C@](C)(N)COc1ccc(-c2c[nH]c3ncccc23)nc1. The molecule has 5 nitrogen and oxygen atoms in total. The molecular weight excluding hydrogens is 300 g/mol. The summed E-state index contributed by atoms with van der Waals surface area (Å²) in [6.07, 6.45) is 6.37. The number of nitrogens with one attached hydrogen (secondary N) is 1. The second-order valence-electron chi connectivity index (χ2n) is 7.02. The number of rotatable bonds is 6. The lowest BCUT2D eigenvalue weighted by atomic mass is 9.93. The summed E-state index contributed by atoms with van der Waals surface area (Å²) in [5.41, 5.74) is 8.73. The van der Waals surface area contributed by atoms with E-state index < -0.39 is 0 Å². The van der Waals surface area contributed by atoms with Gasteiger partial charge in [0.2, 0.25) is 0 Å². The Morgan fingerprint density at radius 2 is 2.08 bits per heavy atom. The molecule has 3 rings (SSSR count). The van der Waals surface area contributed by atoms with Crippen molar-refractivity contribution >= 4 is 11.0 Å². The van der Waals surface area contributed by atoms with E-state index in [0.29, 0.717) is 12.5 Å². The van der Waals surface area contributed by atoms with Crippen LogP contribution in [0, 0.1) is 5.92 Å². The van der Waals surface area contributed by atoms with Gasteiger partial charge in [-0.1, -0.05) is 13.8 Å². The van der Waals surface area contributed by atoms with Crippen LogP contribution in [-0.2, 0) is 0 Å². The fraction of sp³-hybridized carbons (Fsp3) is 0.368.